The van der Waals surface area contributed by atoms with E-state index in [2.05, 4.69) is 10.4 Å². The van der Waals surface area contributed by atoms with Gasteiger partial charge in [0.25, 0.3) is 5.91 Å². The lowest BCUT2D eigenvalue weighted by Gasteiger charge is -2.12. The molecule has 0 aliphatic carbocycles. The number of thiophene rings is 1. The number of carbonyl (C=O) groups excluding carboxylic acids is 2. The number of amides is 1. The quantitative estimate of drug-likeness (QED) is 0.613. The minimum atomic E-state index is -0.899. The highest BCUT2D eigenvalue weighted by Gasteiger charge is 2.20. The van der Waals surface area contributed by atoms with Gasteiger partial charge >= 0.3 is 5.97 Å². The summed E-state index contributed by atoms with van der Waals surface area (Å²) in [6.07, 6.45) is 2.08. The molecule has 1 aromatic carbocycles. The Morgan fingerprint density at radius 1 is 1.30 bits per heavy atom. The minimum absolute atomic E-state index is 0.278. The standard InChI is InChI=1S/C19H18ClN3O3S/c1-13(18(24)21-10-16-6-4-8-27-16)26-19(25)15-9-22-23(12-15)11-14-5-2-3-7-17(14)20/h2-9,12-13H,10-11H2,1H3,(H,21,24). The molecule has 140 valence electrons. The highest BCUT2D eigenvalue weighted by atomic mass is 35.5. The Morgan fingerprint density at radius 2 is 2.11 bits per heavy atom. The molecule has 0 bridgehead atoms. The summed E-state index contributed by atoms with van der Waals surface area (Å²) in [5.41, 5.74) is 1.17. The maximum atomic E-state index is 12.2. The van der Waals surface area contributed by atoms with E-state index in [0.717, 1.165) is 10.4 Å². The lowest BCUT2D eigenvalue weighted by Crippen LogP contribution is -2.35. The van der Waals surface area contributed by atoms with E-state index in [4.69, 9.17) is 16.3 Å². The molecule has 1 unspecified atom stereocenters. The summed E-state index contributed by atoms with van der Waals surface area (Å²) in [5.74, 6) is -0.945. The molecule has 0 aliphatic heterocycles. The van der Waals surface area contributed by atoms with E-state index in [9.17, 15) is 9.59 Å². The van der Waals surface area contributed by atoms with Gasteiger partial charge < -0.3 is 10.1 Å². The molecule has 1 amide bonds. The topological polar surface area (TPSA) is 73.2 Å². The summed E-state index contributed by atoms with van der Waals surface area (Å²) in [4.78, 5) is 25.3. The number of esters is 1. The van der Waals surface area contributed by atoms with Crippen molar-refractivity contribution in [2.75, 3.05) is 0 Å². The Hall–Kier alpha value is -2.64. The molecular weight excluding hydrogens is 386 g/mol. The fourth-order valence-corrected chi connectivity index (χ4v) is 3.21. The number of carbonyl (C=O) groups is 2. The monoisotopic (exact) mass is 403 g/mol. The maximum absolute atomic E-state index is 12.2. The van der Waals surface area contributed by atoms with Crippen LogP contribution in [-0.4, -0.2) is 27.8 Å². The number of rotatable bonds is 7. The van der Waals surface area contributed by atoms with E-state index in [1.807, 2.05) is 35.7 Å². The first-order valence-electron chi connectivity index (χ1n) is 8.30. The van der Waals surface area contributed by atoms with Crippen LogP contribution in [0.15, 0.2) is 54.2 Å². The molecule has 0 saturated carbocycles. The van der Waals surface area contributed by atoms with Crippen LogP contribution in [0.2, 0.25) is 5.02 Å². The second-order valence-corrected chi connectivity index (χ2v) is 7.30. The molecule has 3 aromatic rings. The van der Waals surface area contributed by atoms with Crippen LogP contribution in [0.4, 0.5) is 0 Å². The molecular formula is C19H18ClN3O3S. The van der Waals surface area contributed by atoms with Crippen molar-refractivity contribution in [3.05, 3.63) is 75.2 Å². The Labute approximate surface area is 165 Å². The second-order valence-electron chi connectivity index (χ2n) is 5.86. The third-order valence-electron chi connectivity index (χ3n) is 3.83. The van der Waals surface area contributed by atoms with Crippen molar-refractivity contribution in [1.29, 1.82) is 0 Å². The van der Waals surface area contributed by atoms with Gasteiger partial charge in [-0.1, -0.05) is 35.9 Å². The van der Waals surface area contributed by atoms with E-state index in [-0.39, 0.29) is 11.5 Å². The third kappa shape index (κ3) is 5.18. The molecule has 1 atom stereocenters. The van der Waals surface area contributed by atoms with Crippen molar-refractivity contribution in [1.82, 2.24) is 15.1 Å². The van der Waals surface area contributed by atoms with Crippen molar-refractivity contribution in [2.45, 2.75) is 26.1 Å². The zero-order valence-electron chi connectivity index (χ0n) is 14.6. The SMILES string of the molecule is CC(OC(=O)c1cnn(Cc2ccccc2Cl)c1)C(=O)NCc1cccs1. The van der Waals surface area contributed by atoms with Gasteiger partial charge in [-0.25, -0.2) is 4.79 Å². The Balaban J connectivity index is 1.54. The largest absolute Gasteiger partial charge is 0.449 e. The average molecular weight is 404 g/mol. The first kappa shape index (κ1) is 19.1. The molecule has 6 nitrogen and oxygen atoms in total. The fourth-order valence-electron chi connectivity index (χ4n) is 2.37. The maximum Gasteiger partial charge on any atom is 0.342 e. The van der Waals surface area contributed by atoms with Crippen LogP contribution >= 0.6 is 22.9 Å². The molecule has 0 radical (unpaired) electrons. The van der Waals surface area contributed by atoms with Gasteiger partial charge in [-0.05, 0) is 30.0 Å². The number of hydrogen-bond donors (Lipinski definition) is 1. The van der Waals surface area contributed by atoms with Gasteiger partial charge in [-0.2, -0.15) is 5.10 Å². The van der Waals surface area contributed by atoms with Crippen molar-refractivity contribution >= 4 is 34.8 Å². The summed E-state index contributed by atoms with van der Waals surface area (Å²) in [5, 5.41) is 9.47. The summed E-state index contributed by atoms with van der Waals surface area (Å²) < 4.78 is 6.82. The number of nitrogens with one attached hydrogen (secondary N) is 1. The number of ether oxygens (including phenoxy) is 1. The van der Waals surface area contributed by atoms with E-state index < -0.39 is 12.1 Å². The second kappa shape index (κ2) is 8.83. The third-order valence-corrected chi connectivity index (χ3v) is 5.07. The molecule has 3 rings (SSSR count). The molecule has 0 aliphatic rings. The normalized spacial score (nSPS) is 11.8. The lowest BCUT2D eigenvalue weighted by atomic mass is 10.2. The average Bonchev–Trinajstić information content (AvgIpc) is 3.33. The number of hydrogen-bond acceptors (Lipinski definition) is 5. The highest BCUT2D eigenvalue weighted by molar-refractivity contribution is 7.09. The summed E-state index contributed by atoms with van der Waals surface area (Å²) in [7, 11) is 0. The van der Waals surface area contributed by atoms with E-state index in [0.29, 0.717) is 18.1 Å². The van der Waals surface area contributed by atoms with Gasteiger partial charge in [-0.3, -0.25) is 9.48 Å². The molecule has 1 N–H and O–H groups in total. The van der Waals surface area contributed by atoms with Crippen LogP contribution in [-0.2, 0) is 22.6 Å². The zero-order valence-corrected chi connectivity index (χ0v) is 16.2. The zero-order chi connectivity index (χ0) is 19.2. The molecule has 2 heterocycles. The van der Waals surface area contributed by atoms with Crippen LogP contribution in [0.3, 0.4) is 0 Å². The summed E-state index contributed by atoms with van der Waals surface area (Å²) >= 11 is 7.69. The summed E-state index contributed by atoms with van der Waals surface area (Å²) in [6, 6.07) is 11.3. The number of benzene rings is 1. The molecule has 8 heteroatoms. The van der Waals surface area contributed by atoms with Crippen LogP contribution in [0.25, 0.3) is 0 Å². The molecule has 27 heavy (non-hydrogen) atoms. The molecule has 0 spiro atoms. The van der Waals surface area contributed by atoms with E-state index >= 15 is 0 Å². The first-order chi connectivity index (χ1) is 13.0. The molecule has 2 aromatic heterocycles. The minimum Gasteiger partial charge on any atom is -0.449 e. The molecule has 0 fully saturated rings. The lowest BCUT2D eigenvalue weighted by molar-refractivity contribution is -0.129. The van der Waals surface area contributed by atoms with Crippen LogP contribution in [0.1, 0.15) is 27.7 Å². The van der Waals surface area contributed by atoms with Gasteiger partial charge in [0.05, 0.1) is 24.8 Å². The highest BCUT2D eigenvalue weighted by Crippen LogP contribution is 2.16. The van der Waals surface area contributed by atoms with Crippen molar-refractivity contribution in [2.24, 2.45) is 0 Å². The molecule has 0 saturated heterocycles. The Bertz CT molecular complexity index is 924. The van der Waals surface area contributed by atoms with Crippen LogP contribution < -0.4 is 5.32 Å². The van der Waals surface area contributed by atoms with Gasteiger partial charge in [0.2, 0.25) is 0 Å². The van der Waals surface area contributed by atoms with Gasteiger partial charge in [-0.15, -0.1) is 11.3 Å². The Kier molecular flexibility index (Phi) is 6.26. The van der Waals surface area contributed by atoms with E-state index in [1.165, 1.54) is 13.1 Å². The van der Waals surface area contributed by atoms with Gasteiger partial charge in [0, 0.05) is 16.1 Å². The van der Waals surface area contributed by atoms with Crippen molar-refractivity contribution < 1.29 is 14.3 Å². The number of halogens is 1. The van der Waals surface area contributed by atoms with Crippen LogP contribution in [0, 0.1) is 0 Å². The van der Waals surface area contributed by atoms with Crippen molar-refractivity contribution in [3.8, 4) is 0 Å². The van der Waals surface area contributed by atoms with Crippen LogP contribution in [0.5, 0.6) is 0 Å². The smallest absolute Gasteiger partial charge is 0.342 e. The first-order valence-corrected chi connectivity index (χ1v) is 9.55. The summed E-state index contributed by atoms with van der Waals surface area (Å²) in [6.45, 7) is 2.38. The Morgan fingerprint density at radius 3 is 2.85 bits per heavy atom. The van der Waals surface area contributed by atoms with E-state index in [1.54, 1.807) is 28.3 Å². The predicted octanol–water partition coefficient (Wildman–Crippen LogP) is 3.51. The van der Waals surface area contributed by atoms with Gasteiger partial charge in [0.15, 0.2) is 6.10 Å². The number of nitrogens with zero attached hydrogens (tertiary/aromatic N) is 2. The number of aromatic nitrogens is 2. The van der Waals surface area contributed by atoms with Gasteiger partial charge in [0.1, 0.15) is 0 Å². The predicted molar refractivity (Wildman–Crippen MR) is 104 cm³/mol. The fraction of sp³-hybridized carbons (Fsp3) is 0.211. The van der Waals surface area contributed by atoms with Crippen molar-refractivity contribution in [3.63, 3.8) is 0 Å².